The van der Waals surface area contributed by atoms with Crippen LogP contribution in [0.1, 0.15) is 40.4 Å². The molecule has 0 spiro atoms. The summed E-state index contributed by atoms with van der Waals surface area (Å²) in [5.41, 5.74) is 3.52. The molecule has 0 aliphatic heterocycles. The van der Waals surface area contributed by atoms with Gasteiger partial charge in [0, 0.05) is 16.6 Å². The molecule has 1 heterocycles. The summed E-state index contributed by atoms with van der Waals surface area (Å²) in [5.74, 6) is -0.108. The normalized spacial score (nSPS) is 13.8. The van der Waals surface area contributed by atoms with Gasteiger partial charge in [-0.3, -0.25) is 9.52 Å². The van der Waals surface area contributed by atoms with E-state index in [9.17, 15) is 13.2 Å². The first-order valence-electron chi connectivity index (χ1n) is 9.55. The van der Waals surface area contributed by atoms with E-state index in [2.05, 4.69) is 15.1 Å². The number of anilines is 2. The maximum atomic E-state index is 13.1. The van der Waals surface area contributed by atoms with E-state index in [4.69, 9.17) is 23.2 Å². The Morgan fingerprint density at radius 3 is 2.55 bits per heavy atom. The van der Waals surface area contributed by atoms with Gasteiger partial charge >= 0.3 is 0 Å². The minimum absolute atomic E-state index is 0.218. The number of rotatable bonds is 6. The number of hydrogen-bond donors (Lipinski definition) is 2. The van der Waals surface area contributed by atoms with Crippen LogP contribution in [0.4, 0.5) is 11.4 Å². The van der Waals surface area contributed by atoms with Gasteiger partial charge < -0.3 is 5.32 Å². The second-order valence-electron chi connectivity index (χ2n) is 7.58. The fourth-order valence-electron chi connectivity index (χ4n) is 3.34. The molecule has 1 saturated carbocycles. The lowest BCUT2D eigenvalue weighted by molar-refractivity contribution is 0.102. The minimum atomic E-state index is -3.44. The number of amides is 1. The molecular formula is C21H20Cl2N4O3S. The van der Waals surface area contributed by atoms with Crippen LogP contribution in [0.25, 0.3) is 5.69 Å². The summed E-state index contributed by atoms with van der Waals surface area (Å²) >= 11 is 12.4. The molecule has 4 rings (SSSR count). The molecule has 7 nitrogen and oxygen atoms in total. The number of carbonyl (C=O) groups excluding carboxylic acids is 1. The van der Waals surface area contributed by atoms with E-state index in [1.165, 1.54) is 6.20 Å². The number of nitrogens with one attached hydrogen (secondary N) is 2. The Hall–Kier alpha value is -2.55. The fourth-order valence-corrected chi connectivity index (χ4v) is 4.44. The van der Waals surface area contributed by atoms with Crippen molar-refractivity contribution in [1.82, 2.24) is 9.78 Å². The summed E-state index contributed by atoms with van der Waals surface area (Å²) in [6, 6.07) is 10.2. The van der Waals surface area contributed by atoms with Crippen LogP contribution in [0, 0.1) is 6.92 Å². The van der Waals surface area contributed by atoms with Crippen molar-refractivity contribution in [3.8, 4) is 5.69 Å². The molecule has 2 aromatic carbocycles. The van der Waals surface area contributed by atoms with Gasteiger partial charge in [0.1, 0.15) is 0 Å². The highest BCUT2D eigenvalue weighted by molar-refractivity contribution is 7.92. The molecule has 0 radical (unpaired) electrons. The molecule has 0 bridgehead atoms. The molecule has 10 heteroatoms. The Morgan fingerprint density at radius 1 is 1.16 bits per heavy atom. The average molecular weight is 479 g/mol. The summed E-state index contributed by atoms with van der Waals surface area (Å²) in [6.45, 7) is 1.78. The molecule has 2 N–H and O–H groups in total. The summed E-state index contributed by atoms with van der Waals surface area (Å²) in [4.78, 5) is 13.1. The quantitative estimate of drug-likeness (QED) is 0.521. The van der Waals surface area contributed by atoms with E-state index in [0.717, 1.165) is 30.4 Å². The van der Waals surface area contributed by atoms with E-state index in [0.29, 0.717) is 32.7 Å². The molecule has 0 unspecified atom stereocenters. The fraction of sp³-hybridized carbons (Fsp3) is 0.238. The number of aryl methyl sites for hydroxylation is 1. The molecule has 0 saturated heterocycles. The largest absolute Gasteiger partial charge is 0.322 e. The second kappa shape index (κ2) is 8.18. The zero-order chi connectivity index (χ0) is 22.3. The topological polar surface area (TPSA) is 93.1 Å². The van der Waals surface area contributed by atoms with Gasteiger partial charge in [-0.1, -0.05) is 29.3 Å². The Labute approximate surface area is 190 Å². The van der Waals surface area contributed by atoms with Crippen LogP contribution in [-0.4, -0.2) is 30.4 Å². The average Bonchev–Trinajstić information content (AvgIpc) is 3.42. The Balaban J connectivity index is 1.66. The lowest BCUT2D eigenvalue weighted by Gasteiger charge is -2.13. The van der Waals surface area contributed by atoms with Gasteiger partial charge in [-0.25, -0.2) is 13.1 Å². The number of benzene rings is 2. The van der Waals surface area contributed by atoms with Crippen molar-refractivity contribution in [3.63, 3.8) is 0 Å². The van der Waals surface area contributed by atoms with Crippen LogP contribution in [-0.2, 0) is 10.0 Å². The molecule has 162 valence electrons. The van der Waals surface area contributed by atoms with Gasteiger partial charge in [-0.15, -0.1) is 0 Å². The van der Waals surface area contributed by atoms with Gasteiger partial charge in [0.05, 0.1) is 40.1 Å². The molecule has 1 aromatic heterocycles. The molecular weight excluding hydrogens is 459 g/mol. The Bertz CT molecular complexity index is 1280. The standard InChI is InChI=1S/C21H20Cl2N4O3S/c1-12-3-7-15(10-18(12)26-31(2,29)30)25-21(28)16-11-24-27(20(16)13-4-5-13)19-8-6-14(22)9-17(19)23/h3,6-11,13,26H,4-5H2,1-2H3,(H,25,28). The van der Waals surface area contributed by atoms with E-state index in [-0.39, 0.29) is 11.8 Å². The SMILES string of the molecule is Cc1ccc(NC(=O)c2cnn(-c3ccc(Cl)cc3Cl)c2C2CC2)cc1NS(C)(=O)=O. The number of carbonyl (C=O) groups is 1. The van der Waals surface area contributed by atoms with Crippen molar-refractivity contribution >= 4 is 50.5 Å². The van der Waals surface area contributed by atoms with Gasteiger partial charge in [0.2, 0.25) is 10.0 Å². The van der Waals surface area contributed by atoms with Gasteiger partial charge in [-0.05, 0) is 55.7 Å². The van der Waals surface area contributed by atoms with Crippen molar-refractivity contribution in [1.29, 1.82) is 0 Å². The van der Waals surface area contributed by atoms with E-state index < -0.39 is 10.0 Å². The Morgan fingerprint density at radius 2 is 1.90 bits per heavy atom. The van der Waals surface area contributed by atoms with Crippen molar-refractivity contribution in [2.24, 2.45) is 0 Å². The zero-order valence-corrected chi connectivity index (χ0v) is 19.1. The summed E-state index contributed by atoms with van der Waals surface area (Å²) in [5, 5.41) is 8.22. The van der Waals surface area contributed by atoms with Crippen LogP contribution in [0.5, 0.6) is 0 Å². The van der Waals surface area contributed by atoms with Gasteiger partial charge in [-0.2, -0.15) is 5.10 Å². The second-order valence-corrected chi connectivity index (χ2v) is 10.2. The summed E-state index contributed by atoms with van der Waals surface area (Å²) < 4.78 is 27.3. The lowest BCUT2D eigenvalue weighted by Crippen LogP contribution is -2.15. The molecule has 0 atom stereocenters. The van der Waals surface area contributed by atoms with Crippen LogP contribution in [0.15, 0.2) is 42.6 Å². The monoisotopic (exact) mass is 478 g/mol. The van der Waals surface area contributed by atoms with Crippen LogP contribution >= 0.6 is 23.2 Å². The predicted octanol–water partition coefficient (Wildman–Crippen LogP) is 4.99. The van der Waals surface area contributed by atoms with Crippen molar-refractivity contribution in [3.05, 3.63) is 69.5 Å². The lowest BCUT2D eigenvalue weighted by atomic mass is 10.1. The first kappa shape index (κ1) is 21.7. The summed E-state index contributed by atoms with van der Waals surface area (Å²) in [6.07, 6.45) is 4.53. The van der Waals surface area contributed by atoms with E-state index in [1.807, 2.05) is 0 Å². The number of aromatic nitrogens is 2. The molecule has 1 aliphatic carbocycles. The maximum Gasteiger partial charge on any atom is 0.259 e. The van der Waals surface area contributed by atoms with Crippen molar-refractivity contribution in [2.45, 2.75) is 25.7 Å². The highest BCUT2D eigenvalue weighted by Gasteiger charge is 2.33. The van der Waals surface area contributed by atoms with E-state index >= 15 is 0 Å². The van der Waals surface area contributed by atoms with Gasteiger partial charge in [0.15, 0.2) is 0 Å². The maximum absolute atomic E-state index is 13.1. The molecule has 31 heavy (non-hydrogen) atoms. The zero-order valence-electron chi connectivity index (χ0n) is 16.8. The Kier molecular flexibility index (Phi) is 5.72. The van der Waals surface area contributed by atoms with Crippen LogP contribution in [0.2, 0.25) is 10.0 Å². The molecule has 1 aliphatic rings. The van der Waals surface area contributed by atoms with Crippen molar-refractivity contribution < 1.29 is 13.2 Å². The van der Waals surface area contributed by atoms with Crippen LogP contribution in [0.3, 0.4) is 0 Å². The first-order chi connectivity index (χ1) is 14.6. The smallest absolute Gasteiger partial charge is 0.259 e. The third-order valence-electron chi connectivity index (χ3n) is 4.94. The number of hydrogen-bond acceptors (Lipinski definition) is 4. The third-order valence-corrected chi connectivity index (χ3v) is 6.07. The highest BCUT2D eigenvalue weighted by Crippen LogP contribution is 2.43. The summed E-state index contributed by atoms with van der Waals surface area (Å²) in [7, 11) is -3.44. The first-order valence-corrected chi connectivity index (χ1v) is 12.2. The number of sulfonamides is 1. The minimum Gasteiger partial charge on any atom is -0.322 e. The van der Waals surface area contributed by atoms with E-state index in [1.54, 1.807) is 48.0 Å². The molecule has 3 aromatic rings. The third kappa shape index (κ3) is 4.87. The number of halogens is 2. The van der Waals surface area contributed by atoms with Crippen molar-refractivity contribution in [2.75, 3.05) is 16.3 Å². The highest BCUT2D eigenvalue weighted by atomic mass is 35.5. The molecule has 1 amide bonds. The van der Waals surface area contributed by atoms with Gasteiger partial charge in [0.25, 0.3) is 5.91 Å². The predicted molar refractivity (Wildman–Crippen MR) is 123 cm³/mol. The van der Waals surface area contributed by atoms with Crippen LogP contribution < -0.4 is 10.0 Å². The number of nitrogens with zero attached hydrogens (tertiary/aromatic N) is 2. The molecule has 1 fully saturated rings.